The summed E-state index contributed by atoms with van der Waals surface area (Å²) in [4.78, 5) is 18.6. The van der Waals surface area contributed by atoms with Crippen LogP contribution in [0.15, 0.2) is 18.3 Å². The van der Waals surface area contributed by atoms with E-state index in [9.17, 15) is 4.79 Å². The fourth-order valence-electron chi connectivity index (χ4n) is 1.96. The van der Waals surface area contributed by atoms with Crippen molar-refractivity contribution in [1.29, 1.82) is 0 Å². The maximum absolute atomic E-state index is 12.5. The standard InChI is InChI=1S/C15H25N3O/c1-5-8-12(3)18(4)15(19)13-9-7-11-17-14(13)16-10-6-2/h7,9,11-12H,5-6,8,10H2,1-4H3,(H,16,17). The lowest BCUT2D eigenvalue weighted by Crippen LogP contribution is -2.35. The average molecular weight is 263 g/mol. The van der Waals surface area contributed by atoms with E-state index in [1.54, 1.807) is 11.1 Å². The average Bonchev–Trinajstić information content (AvgIpc) is 2.44. The Morgan fingerprint density at radius 1 is 1.42 bits per heavy atom. The summed E-state index contributed by atoms with van der Waals surface area (Å²) in [5.41, 5.74) is 0.654. The number of carbonyl (C=O) groups excluding carboxylic acids is 1. The second-order valence-electron chi connectivity index (χ2n) is 4.88. The molecule has 0 saturated heterocycles. The predicted molar refractivity (Wildman–Crippen MR) is 79.5 cm³/mol. The van der Waals surface area contributed by atoms with Crippen molar-refractivity contribution in [3.63, 3.8) is 0 Å². The zero-order valence-electron chi connectivity index (χ0n) is 12.4. The third-order valence-corrected chi connectivity index (χ3v) is 3.27. The van der Waals surface area contributed by atoms with E-state index in [1.807, 2.05) is 19.2 Å². The summed E-state index contributed by atoms with van der Waals surface area (Å²) < 4.78 is 0. The quantitative estimate of drug-likeness (QED) is 0.822. The van der Waals surface area contributed by atoms with E-state index in [0.29, 0.717) is 11.4 Å². The van der Waals surface area contributed by atoms with Crippen molar-refractivity contribution in [2.75, 3.05) is 18.9 Å². The van der Waals surface area contributed by atoms with Gasteiger partial charge in [0.05, 0.1) is 5.56 Å². The Bertz CT molecular complexity index is 406. The minimum Gasteiger partial charge on any atom is -0.369 e. The molecule has 0 radical (unpaired) electrons. The molecule has 19 heavy (non-hydrogen) atoms. The summed E-state index contributed by atoms with van der Waals surface area (Å²) in [6.07, 6.45) is 4.81. The van der Waals surface area contributed by atoms with Crippen LogP contribution in [0.4, 0.5) is 5.82 Å². The van der Waals surface area contributed by atoms with Crippen molar-refractivity contribution in [3.05, 3.63) is 23.9 Å². The number of anilines is 1. The largest absolute Gasteiger partial charge is 0.369 e. The Kier molecular flexibility index (Phi) is 6.33. The molecule has 1 heterocycles. The fourth-order valence-corrected chi connectivity index (χ4v) is 1.96. The van der Waals surface area contributed by atoms with Crippen LogP contribution in [-0.2, 0) is 0 Å². The molecule has 1 aromatic rings. The van der Waals surface area contributed by atoms with Crippen LogP contribution in [-0.4, -0.2) is 35.4 Å². The molecule has 106 valence electrons. The summed E-state index contributed by atoms with van der Waals surface area (Å²) in [5.74, 6) is 0.720. The van der Waals surface area contributed by atoms with Gasteiger partial charge in [-0.15, -0.1) is 0 Å². The number of amides is 1. The summed E-state index contributed by atoms with van der Waals surface area (Å²) in [6.45, 7) is 7.13. The first kappa shape index (κ1) is 15.5. The van der Waals surface area contributed by atoms with Crippen molar-refractivity contribution in [3.8, 4) is 0 Å². The fraction of sp³-hybridized carbons (Fsp3) is 0.600. The summed E-state index contributed by atoms with van der Waals surface area (Å²) in [7, 11) is 1.86. The Morgan fingerprint density at radius 3 is 2.79 bits per heavy atom. The molecular weight excluding hydrogens is 238 g/mol. The molecule has 1 atom stereocenters. The lowest BCUT2D eigenvalue weighted by molar-refractivity contribution is 0.0737. The van der Waals surface area contributed by atoms with Crippen LogP contribution in [0.3, 0.4) is 0 Å². The number of aromatic nitrogens is 1. The second kappa shape index (κ2) is 7.77. The zero-order chi connectivity index (χ0) is 14.3. The molecule has 4 nitrogen and oxygen atoms in total. The van der Waals surface area contributed by atoms with Crippen LogP contribution in [0.5, 0.6) is 0 Å². The highest BCUT2D eigenvalue weighted by atomic mass is 16.2. The highest BCUT2D eigenvalue weighted by molar-refractivity contribution is 5.98. The monoisotopic (exact) mass is 263 g/mol. The molecule has 1 rings (SSSR count). The van der Waals surface area contributed by atoms with Gasteiger partial charge in [-0.1, -0.05) is 20.3 Å². The molecule has 0 aliphatic heterocycles. The number of hydrogen-bond donors (Lipinski definition) is 1. The van der Waals surface area contributed by atoms with E-state index in [0.717, 1.165) is 25.8 Å². The van der Waals surface area contributed by atoms with Crippen molar-refractivity contribution >= 4 is 11.7 Å². The molecule has 0 spiro atoms. The van der Waals surface area contributed by atoms with E-state index in [2.05, 4.69) is 31.1 Å². The molecule has 1 aromatic heterocycles. The van der Waals surface area contributed by atoms with Gasteiger partial charge in [-0.2, -0.15) is 0 Å². The zero-order valence-corrected chi connectivity index (χ0v) is 12.4. The van der Waals surface area contributed by atoms with E-state index < -0.39 is 0 Å². The van der Waals surface area contributed by atoms with Gasteiger partial charge in [0.15, 0.2) is 0 Å². The third kappa shape index (κ3) is 4.23. The number of nitrogens with one attached hydrogen (secondary N) is 1. The maximum Gasteiger partial charge on any atom is 0.257 e. The number of carbonyl (C=O) groups is 1. The van der Waals surface area contributed by atoms with Gasteiger partial charge in [0.2, 0.25) is 0 Å². The van der Waals surface area contributed by atoms with Gasteiger partial charge in [-0.05, 0) is 31.9 Å². The molecule has 0 aliphatic carbocycles. The van der Waals surface area contributed by atoms with Crippen LogP contribution in [0.25, 0.3) is 0 Å². The second-order valence-corrected chi connectivity index (χ2v) is 4.88. The molecule has 1 unspecified atom stereocenters. The first-order valence-corrected chi connectivity index (χ1v) is 7.07. The molecule has 0 saturated carbocycles. The van der Waals surface area contributed by atoms with Gasteiger partial charge < -0.3 is 10.2 Å². The highest BCUT2D eigenvalue weighted by Gasteiger charge is 2.19. The Labute approximate surface area is 116 Å². The SMILES string of the molecule is CCCNc1ncccc1C(=O)N(C)C(C)CCC. The number of pyridine rings is 1. The third-order valence-electron chi connectivity index (χ3n) is 3.27. The summed E-state index contributed by atoms with van der Waals surface area (Å²) in [5, 5.41) is 3.21. The van der Waals surface area contributed by atoms with E-state index in [-0.39, 0.29) is 11.9 Å². The Balaban J connectivity index is 2.86. The van der Waals surface area contributed by atoms with Crippen LogP contribution >= 0.6 is 0 Å². The van der Waals surface area contributed by atoms with Crippen LogP contribution < -0.4 is 5.32 Å². The van der Waals surface area contributed by atoms with Gasteiger partial charge >= 0.3 is 0 Å². The molecule has 1 amide bonds. The molecule has 0 aromatic carbocycles. The van der Waals surface area contributed by atoms with E-state index >= 15 is 0 Å². The molecule has 0 aliphatic rings. The predicted octanol–water partition coefficient (Wildman–Crippen LogP) is 3.16. The van der Waals surface area contributed by atoms with Crippen LogP contribution in [0, 0.1) is 0 Å². The topological polar surface area (TPSA) is 45.2 Å². The first-order valence-electron chi connectivity index (χ1n) is 7.07. The van der Waals surface area contributed by atoms with E-state index in [4.69, 9.17) is 0 Å². The summed E-state index contributed by atoms with van der Waals surface area (Å²) in [6, 6.07) is 3.89. The number of hydrogen-bond acceptors (Lipinski definition) is 3. The number of nitrogens with zero attached hydrogens (tertiary/aromatic N) is 2. The molecular formula is C15H25N3O. The summed E-state index contributed by atoms with van der Waals surface area (Å²) >= 11 is 0. The van der Waals surface area contributed by atoms with Crippen molar-refractivity contribution in [2.24, 2.45) is 0 Å². The maximum atomic E-state index is 12.5. The van der Waals surface area contributed by atoms with Gasteiger partial charge in [0.25, 0.3) is 5.91 Å². The van der Waals surface area contributed by atoms with Gasteiger partial charge in [0, 0.05) is 25.8 Å². The van der Waals surface area contributed by atoms with Crippen LogP contribution in [0.1, 0.15) is 50.4 Å². The molecule has 4 heteroatoms. The van der Waals surface area contributed by atoms with Gasteiger partial charge in [0.1, 0.15) is 5.82 Å². The smallest absolute Gasteiger partial charge is 0.257 e. The lowest BCUT2D eigenvalue weighted by Gasteiger charge is -2.25. The van der Waals surface area contributed by atoms with Gasteiger partial charge in [-0.25, -0.2) is 4.98 Å². The van der Waals surface area contributed by atoms with E-state index in [1.165, 1.54) is 0 Å². The van der Waals surface area contributed by atoms with Gasteiger partial charge in [-0.3, -0.25) is 4.79 Å². The first-order chi connectivity index (χ1) is 9.11. The van der Waals surface area contributed by atoms with Crippen molar-refractivity contribution in [1.82, 2.24) is 9.88 Å². The van der Waals surface area contributed by atoms with Crippen molar-refractivity contribution < 1.29 is 4.79 Å². The Hall–Kier alpha value is -1.58. The molecule has 1 N–H and O–H groups in total. The normalized spacial score (nSPS) is 12.0. The number of rotatable bonds is 7. The van der Waals surface area contributed by atoms with Crippen LogP contribution in [0.2, 0.25) is 0 Å². The Morgan fingerprint density at radius 2 is 2.16 bits per heavy atom. The minimum absolute atomic E-state index is 0.0349. The molecule has 0 fully saturated rings. The van der Waals surface area contributed by atoms with Crippen molar-refractivity contribution in [2.45, 2.75) is 46.1 Å². The lowest BCUT2D eigenvalue weighted by atomic mass is 10.1. The highest BCUT2D eigenvalue weighted by Crippen LogP contribution is 2.16. The minimum atomic E-state index is 0.0349. The molecule has 0 bridgehead atoms.